The molecule has 0 atom stereocenters. The van der Waals surface area contributed by atoms with Gasteiger partial charge in [-0.2, -0.15) is 0 Å². The van der Waals surface area contributed by atoms with Crippen molar-refractivity contribution in [2.45, 2.75) is 20.5 Å². The van der Waals surface area contributed by atoms with Gasteiger partial charge in [0.25, 0.3) is 0 Å². The van der Waals surface area contributed by atoms with Gasteiger partial charge in [0.1, 0.15) is 11.4 Å². The van der Waals surface area contributed by atoms with Gasteiger partial charge in [0, 0.05) is 10.6 Å². The van der Waals surface area contributed by atoms with Crippen LogP contribution in [0.1, 0.15) is 16.8 Å². The monoisotopic (exact) mass is 313 g/mol. The third-order valence-corrected chi connectivity index (χ3v) is 3.71. The third-order valence-electron chi connectivity index (χ3n) is 3.46. The molecule has 3 aromatic rings. The lowest BCUT2D eigenvalue weighted by Crippen LogP contribution is -2.01. The summed E-state index contributed by atoms with van der Waals surface area (Å²) in [6.45, 7) is 3.92. The number of halogens is 1. The molecule has 3 rings (SSSR count). The van der Waals surface area contributed by atoms with Gasteiger partial charge in [-0.3, -0.25) is 0 Å². The number of nitrogens with zero attached hydrogens (tertiary/aromatic N) is 3. The van der Waals surface area contributed by atoms with E-state index >= 15 is 0 Å². The fourth-order valence-corrected chi connectivity index (χ4v) is 2.70. The minimum absolute atomic E-state index is 0.164. The van der Waals surface area contributed by atoms with Gasteiger partial charge in [-0.05, 0) is 49.2 Å². The van der Waals surface area contributed by atoms with Crippen molar-refractivity contribution in [2.24, 2.45) is 0 Å². The Balaban J connectivity index is 2.20. The number of aliphatic hydroxyl groups is 1. The standard InChI is InChI=1S/C17H16ClN3O/c1-11-7-12(2)9-15(8-11)21-17(16(10-22)19-20-21)13-3-5-14(18)6-4-13/h3-9,22H,10H2,1-2H3. The highest BCUT2D eigenvalue weighted by Gasteiger charge is 2.16. The van der Waals surface area contributed by atoms with E-state index in [4.69, 9.17) is 11.6 Å². The second-order valence-electron chi connectivity index (χ2n) is 5.31. The predicted octanol–water partition coefficient (Wildman–Crippen LogP) is 3.70. The Bertz CT molecular complexity index is 789. The summed E-state index contributed by atoms with van der Waals surface area (Å²) in [5.41, 5.74) is 5.47. The van der Waals surface area contributed by atoms with Gasteiger partial charge in [-0.15, -0.1) is 5.10 Å². The molecule has 1 aromatic heterocycles. The molecule has 1 heterocycles. The molecule has 0 aliphatic carbocycles. The van der Waals surface area contributed by atoms with Crippen molar-refractivity contribution in [1.29, 1.82) is 0 Å². The predicted molar refractivity (Wildman–Crippen MR) is 87.2 cm³/mol. The molecule has 0 amide bonds. The first-order valence-corrected chi connectivity index (χ1v) is 7.36. The van der Waals surface area contributed by atoms with E-state index in [1.807, 2.05) is 50.2 Å². The van der Waals surface area contributed by atoms with Crippen molar-refractivity contribution >= 4 is 11.6 Å². The fraction of sp³-hybridized carbons (Fsp3) is 0.176. The van der Waals surface area contributed by atoms with Gasteiger partial charge >= 0.3 is 0 Å². The Kier molecular flexibility index (Phi) is 3.96. The Morgan fingerprint density at radius 1 is 1.05 bits per heavy atom. The van der Waals surface area contributed by atoms with E-state index in [0.717, 1.165) is 28.1 Å². The molecule has 22 heavy (non-hydrogen) atoms. The van der Waals surface area contributed by atoms with Gasteiger partial charge in [0.2, 0.25) is 0 Å². The van der Waals surface area contributed by atoms with E-state index in [9.17, 15) is 5.11 Å². The van der Waals surface area contributed by atoms with Gasteiger partial charge in [-0.25, -0.2) is 4.68 Å². The summed E-state index contributed by atoms with van der Waals surface area (Å²) in [4.78, 5) is 0. The second kappa shape index (κ2) is 5.91. The number of rotatable bonds is 3. The van der Waals surface area contributed by atoms with Crippen molar-refractivity contribution in [3.05, 3.63) is 64.3 Å². The lowest BCUT2D eigenvalue weighted by atomic mass is 10.1. The molecule has 0 aliphatic rings. The van der Waals surface area contributed by atoms with Crippen LogP contribution in [0.15, 0.2) is 42.5 Å². The van der Waals surface area contributed by atoms with E-state index in [1.54, 1.807) is 4.68 Å². The molecular weight excluding hydrogens is 298 g/mol. The number of aliphatic hydroxyl groups excluding tert-OH is 1. The number of benzene rings is 2. The Morgan fingerprint density at radius 2 is 1.68 bits per heavy atom. The number of aromatic nitrogens is 3. The largest absolute Gasteiger partial charge is 0.390 e. The Hall–Kier alpha value is -2.17. The minimum Gasteiger partial charge on any atom is -0.390 e. The summed E-state index contributed by atoms with van der Waals surface area (Å²) < 4.78 is 1.76. The summed E-state index contributed by atoms with van der Waals surface area (Å²) in [6.07, 6.45) is 0. The molecule has 0 saturated carbocycles. The summed E-state index contributed by atoms with van der Waals surface area (Å²) >= 11 is 5.96. The second-order valence-corrected chi connectivity index (χ2v) is 5.74. The molecule has 0 fully saturated rings. The third kappa shape index (κ3) is 2.75. The zero-order valence-electron chi connectivity index (χ0n) is 12.4. The average Bonchev–Trinajstić information content (AvgIpc) is 2.91. The van der Waals surface area contributed by atoms with Gasteiger partial charge in [0.15, 0.2) is 0 Å². The zero-order valence-corrected chi connectivity index (χ0v) is 13.2. The van der Waals surface area contributed by atoms with Crippen LogP contribution in [0.4, 0.5) is 0 Å². The fourth-order valence-electron chi connectivity index (χ4n) is 2.57. The quantitative estimate of drug-likeness (QED) is 0.802. The van der Waals surface area contributed by atoms with Crippen molar-refractivity contribution < 1.29 is 5.11 Å². The molecule has 0 bridgehead atoms. The number of aryl methyl sites for hydroxylation is 2. The number of hydrogen-bond donors (Lipinski definition) is 1. The first-order valence-electron chi connectivity index (χ1n) is 6.98. The molecule has 1 N–H and O–H groups in total. The van der Waals surface area contributed by atoms with E-state index in [0.29, 0.717) is 10.7 Å². The maximum Gasteiger partial charge on any atom is 0.117 e. The van der Waals surface area contributed by atoms with Crippen LogP contribution in [0.25, 0.3) is 16.9 Å². The molecule has 0 spiro atoms. The summed E-state index contributed by atoms with van der Waals surface area (Å²) in [7, 11) is 0. The van der Waals surface area contributed by atoms with Crippen LogP contribution in [-0.4, -0.2) is 20.1 Å². The summed E-state index contributed by atoms with van der Waals surface area (Å²) in [5.74, 6) is 0. The summed E-state index contributed by atoms with van der Waals surface area (Å²) in [5, 5.41) is 18.5. The molecule has 0 unspecified atom stereocenters. The summed E-state index contributed by atoms with van der Waals surface area (Å²) in [6, 6.07) is 13.6. The first kappa shape index (κ1) is 14.8. The van der Waals surface area contributed by atoms with Gasteiger partial charge in [-0.1, -0.05) is 35.0 Å². The first-order chi connectivity index (χ1) is 10.6. The van der Waals surface area contributed by atoms with Gasteiger partial charge in [0.05, 0.1) is 12.3 Å². The SMILES string of the molecule is Cc1cc(C)cc(-n2nnc(CO)c2-c2ccc(Cl)cc2)c1. The Labute approximate surface area is 134 Å². The highest BCUT2D eigenvalue weighted by molar-refractivity contribution is 6.30. The van der Waals surface area contributed by atoms with Crippen LogP contribution in [0.2, 0.25) is 5.02 Å². The number of hydrogen-bond acceptors (Lipinski definition) is 3. The van der Waals surface area contributed by atoms with Crippen LogP contribution < -0.4 is 0 Å². The topological polar surface area (TPSA) is 50.9 Å². The normalized spacial score (nSPS) is 10.9. The maximum absolute atomic E-state index is 9.56. The highest BCUT2D eigenvalue weighted by atomic mass is 35.5. The molecule has 0 saturated heterocycles. The van der Waals surface area contributed by atoms with E-state index < -0.39 is 0 Å². The zero-order chi connectivity index (χ0) is 15.7. The van der Waals surface area contributed by atoms with E-state index in [-0.39, 0.29) is 6.61 Å². The van der Waals surface area contributed by atoms with E-state index in [1.165, 1.54) is 0 Å². The smallest absolute Gasteiger partial charge is 0.117 e. The molecule has 0 radical (unpaired) electrons. The van der Waals surface area contributed by atoms with Crippen LogP contribution >= 0.6 is 11.6 Å². The van der Waals surface area contributed by atoms with Crippen molar-refractivity contribution in [3.63, 3.8) is 0 Å². The van der Waals surface area contributed by atoms with Crippen LogP contribution in [0.3, 0.4) is 0 Å². The van der Waals surface area contributed by atoms with Crippen LogP contribution in [0, 0.1) is 13.8 Å². The lowest BCUT2D eigenvalue weighted by molar-refractivity contribution is 0.277. The minimum atomic E-state index is -0.164. The highest BCUT2D eigenvalue weighted by Crippen LogP contribution is 2.27. The van der Waals surface area contributed by atoms with Crippen LogP contribution in [-0.2, 0) is 6.61 Å². The van der Waals surface area contributed by atoms with Crippen molar-refractivity contribution in [1.82, 2.24) is 15.0 Å². The van der Waals surface area contributed by atoms with Gasteiger partial charge < -0.3 is 5.11 Å². The van der Waals surface area contributed by atoms with Crippen molar-refractivity contribution in [3.8, 4) is 16.9 Å². The average molecular weight is 314 g/mol. The van der Waals surface area contributed by atoms with E-state index in [2.05, 4.69) is 16.4 Å². The van der Waals surface area contributed by atoms with Crippen LogP contribution in [0.5, 0.6) is 0 Å². The lowest BCUT2D eigenvalue weighted by Gasteiger charge is -2.10. The molecule has 112 valence electrons. The molecule has 0 aliphatic heterocycles. The molecule has 2 aromatic carbocycles. The van der Waals surface area contributed by atoms with Crippen molar-refractivity contribution in [2.75, 3.05) is 0 Å². The molecule has 5 heteroatoms. The molecule has 4 nitrogen and oxygen atoms in total. The maximum atomic E-state index is 9.56. The molecular formula is C17H16ClN3O. The Morgan fingerprint density at radius 3 is 2.27 bits per heavy atom.